The van der Waals surface area contributed by atoms with Crippen LogP contribution >= 0.6 is 15.9 Å². The third-order valence-corrected chi connectivity index (χ3v) is 3.93. The van der Waals surface area contributed by atoms with Crippen molar-refractivity contribution in [1.82, 2.24) is 0 Å². The molecule has 2 N–H and O–H groups in total. The highest BCUT2D eigenvalue weighted by molar-refractivity contribution is 9.10. The monoisotopic (exact) mass is 266 g/mol. The molecule has 1 aliphatic heterocycles. The summed E-state index contributed by atoms with van der Waals surface area (Å²) in [6, 6.07) is 5.82. The Bertz CT molecular complexity index is 440. The minimum atomic E-state index is -0.336. The van der Waals surface area contributed by atoms with Crippen LogP contribution in [0.5, 0.6) is 0 Å². The number of hydrogen-bond donors (Lipinski definition) is 2. The van der Waals surface area contributed by atoms with Gasteiger partial charge in [-0.25, -0.2) is 0 Å². The topological polar surface area (TPSA) is 41.1 Å². The lowest BCUT2D eigenvalue weighted by atomic mass is 9.74. The number of carbonyl (C=O) groups is 1. The van der Waals surface area contributed by atoms with E-state index in [1.54, 1.807) is 0 Å². The summed E-state index contributed by atoms with van der Waals surface area (Å²) in [4.78, 5) is 11.9. The van der Waals surface area contributed by atoms with Gasteiger partial charge in [-0.2, -0.15) is 0 Å². The molecule has 1 heterocycles. The standard InChI is InChI=1S/C11H11BrN2O/c12-7-3-1-4-8-9(7)14-11(5-2-6-11)10(15)13-8/h1,3-4,14H,2,5-6H2,(H,13,15). The molecule has 4 heteroatoms. The maximum Gasteiger partial charge on any atom is 0.250 e. The minimum absolute atomic E-state index is 0.111. The lowest BCUT2D eigenvalue weighted by Crippen LogP contribution is -2.57. The second-order valence-electron chi connectivity index (χ2n) is 4.18. The molecule has 0 radical (unpaired) electrons. The van der Waals surface area contributed by atoms with Gasteiger partial charge in [0, 0.05) is 4.47 Å². The third-order valence-electron chi connectivity index (χ3n) is 3.27. The van der Waals surface area contributed by atoms with Crippen molar-refractivity contribution in [2.45, 2.75) is 24.8 Å². The zero-order valence-electron chi connectivity index (χ0n) is 8.14. The number of halogens is 1. The Kier molecular flexibility index (Phi) is 1.83. The number of rotatable bonds is 0. The maximum absolute atomic E-state index is 11.9. The van der Waals surface area contributed by atoms with Crippen molar-refractivity contribution in [1.29, 1.82) is 0 Å². The number of hydrogen-bond acceptors (Lipinski definition) is 2. The van der Waals surface area contributed by atoms with E-state index in [4.69, 9.17) is 0 Å². The van der Waals surface area contributed by atoms with E-state index >= 15 is 0 Å². The molecular weight excluding hydrogens is 256 g/mol. The number of fused-ring (bicyclic) bond motifs is 1. The van der Waals surface area contributed by atoms with Gasteiger partial charge in [-0.1, -0.05) is 6.07 Å². The smallest absolute Gasteiger partial charge is 0.250 e. The molecule has 1 saturated carbocycles. The molecule has 1 aliphatic carbocycles. The summed E-state index contributed by atoms with van der Waals surface area (Å²) in [5.74, 6) is 0.111. The Morgan fingerprint density at radius 2 is 2.13 bits per heavy atom. The fraction of sp³-hybridized carbons (Fsp3) is 0.364. The first-order chi connectivity index (χ1) is 7.21. The van der Waals surface area contributed by atoms with Gasteiger partial charge < -0.3 is 10.6 Å². The Morgan fingerprint density at radius 3 is 2.80 bits per heavy atom. The van der Waals surface area contributed by atoms with E-state index in [-0.39, 0.29) is 11.4 Å². The summed E-state index contributed by atoms with van der Waals surface area (Å²) in [6.45, 7) is 0. The molecule has 15 heavy (non-hydrogen) atoms. The van der Waals surface area contributed by atoms with E-state index in [1.165, 1.54) is 0 Å². The first-order valence-corrected chi connectivity index (χ1v) is 5.89. The molecule has 1 amide bonds. The van der Waals surface area contributed by atoms with Gasteiger partial charge in [0.15, 0.2) is 0 Å². The second-order valence-corrected chi connectivity index (χ2v) is 5.03. The first kappa shape index (κ1) is 9.21. The summed E-state index contributed by atoms with van der Waals surface area (Å²) in [7, 11) is 0. The van der Waals surface area contributed by atoms with Crippen LogP contribution in [0.1, 0.15) is 19.3 Å². The van der Waals surface area contributed by atoms with Crippen molar-refractivity contribution >= 4 is 33.2 Å². The fourth-order valence-corrected chi connectivity index (χ4v) is 2.64. The summed E-state index contributed by atoms with van der Waals surface area (Å²) in [5.41, 5.74) is 1.54. The lowest BCUT2D eigenvalue weighted by Gasteiger charge is -2.45. The number of para-hydroxylation sites is 1. The van der Waals surface area contributed by atoms with E-state index in [0.717, 1.165) is 35.1 Å². The highest BCUT2D eigenvalue weighted by atomic mass is 79.9. The van der Waals surface area contributed by atoms with Crippen LogP contribution in [0.4, 0.5) is 11.4 Å². The van der Waals surface area contributed by atoms with Gasteiger partial charge in [0.1, 0.15) is 5.54 Å². The van der Waals surface area contributed by atoms with Gasteiger partial charge in [-0.15, -0.1) is 0 Å². The van der Waals surface area contributed by atoms with Crippen LogP contribution in [0.15, 0.2) is 22.7 Å². The molecule has 1 aromatic carbocycles. The molecule has 78 valence electrons. The van der Waals surface area contributed by atoms with Gasteiger partial charge in [-0.3, -0.25) is 4.79 Å². The average Bonchev–Trinajstić information content (AvgIpc) is 2.15. The van der Waals surface area contributed by atoms with E-state index in [9.17, 15) is 4.79 Å². The predicted octanol–water partition coefficient (Wildman–Crippen LogP) is 2.74. The van der Waals surface area contributed by atoms with E-state index in [0.29, 0.717) is 0 Å². The van der Waals surface area contributed by atoms with Crippen LogP contribution in [0, 0.1) is 0 Å². The van der Waals surface area contributed by atoms with Crippen LogP contribution in [0.25, 0.3) is 0 Å². The second kappa shape index (κ2) is 2.98. The molecule has 3 nitrogen and oxygen atoms in total. The SMILES string of the molecule is O=C1Nc2cccc(Br)c2NC12CCC2. The summed E-state index contributed by atoms with van der Waals surface area (Å²) >= 11 is 3.49. The van der Waals surface area contributed by atoms with Gasteiger partial charge in [0.2, 0.25) is 5.91 Å². The van der Waals surface area contributed by atoms with Crippen molar-refractivity contribution in [3.63, 3.8) is 0 Å². The lowest BCUT2D eigenvalue weighted by molar-refractivity contribution is -0.123. The molecule has 1 fully saturated rings. The fourth-order valence-electron chi connectivity index (χ4n) is 2.18. The molecule has 0 atom stereocenters. The molecule has 0 saturated heterocycles. The van der Waals surface area contributed by atoms with Crippen LogP contribution in [-0.2, 0) is 4.79 Å². The molecule has 2 aliphatic rings. The molecular formula is C11H11BrN2O. The van der Waals surface area contributed by atoms with Crippen molar-refractivity contribution in [2.75, 3.05) is 10.6 Å². The predicted molar refractivity (Wildman–Crippen MR) is 63.0 cm³/mol. The normalized spacial score (nSPS) is 21.3. The van der Waals surface area contributed by atoms with E-state index < -0.39 is 0 Å². The van der Waals surface area contributed by atoms with Crippen molar-refractivity contribution in [3.05, 3.63) is 22.7 Å². The molecule has 0 bridgehead atoms. The van der Waals surface area contributed by atoms with Gasteiger partial charge in [-0.05, 0) is 47.3 Å². The Morgan fingerprint density at radius 1 is 1.33 bits per heavy atom. The summed E-state index contributed by atoms with van der Waals surface area (Å²) in [6.07, 6.45) is 2.99. The van der Waals surface area contributed by atoms with Gasteiger partial charge in [0.05, 0.1) is 11.4 Å². The number of anilines is 2. The zero-order chi connectivity index (χ0) is 10.5. The zero-order valence-corrected chi connectivity index (χ0v) is 9.73. The van der Waals surface area contributed by atoms with Crippen molar-refractivity contribution in [3.8, 4) is 0 Å². The largest absolute Gasteiger partial charge is 0.369 e. The molecule has 3 rings (SSSR count). The van der Waals surface area contributed by atoms with E-state index in [2.05, 4.69) is 26.6 Å². The van der Waals surface area contributed by atoms with Crippen LogP contribution in [0.2, 0.25) is 0 Å². The third kappa shape index (κ3) is 1.21. The van der Waals surface area contributed by atoms with Gasteiger partial charge >= 0.3 is 0 Å². The minimum Gasteiger partial charge on any atom is -0.369 e. The van der Waals surface area contributed by atoms with Crippen molar-refractivity contribution < 1.29 is 4.79 Å². The van der Waals surface area contributed by atoms with Crippen LogP contribution in [-0.4, -0.2) is 11.4 Å². The quantitative estimate of drug-likeness (QED) is 0.758. The molecule has 1 spiro atoms. The number of benzene rings is 1. The highest BCUT2D eigenvalue weighted by Gasteiger charge is 2.47. The number of amides is 1. The summed E-state index contributed by atoms with van der Waals surface area (Å²) < 4.78 is 1.01. The van der Waals surface area contributed by atoms with Crippen molar-refractivity contribution in [2.24, 2.45) is 0 Å². The maximum atomic E-state index is 11.9. The van der Waals surface area contributed by atoms with Crippen LogP contribution < -0.4 is 10.6 Å². The van der Waals surface area contributed by atoms with Crippen LogP contribution in [0.3, 0.4) is 0 Å². The van der Waals surface area contributed by atoms with E-state index in [1.807, 2.05) is 18.2 Å². The molecule has 0 aromatic heterocycles. The first-order valence-electron chi connectivity index (χ1n) is 5.09. The summed E-state index contributed by atoms with van der Waals surface area (Å²) in [5, 5.41) is 6.33. The number of carbonyl (C=O) groups excluding carboxylic acids is 1. The van der Waals surface area contributed by atoms with Gasteiger partial charge in [0.25, 0.3) is 0 Å². The molecule has 0 unspecified atom stereocenters. The highest BCUT2D eigenvalue weighted by Crippen LogP contribution is 2.44. The number of nitrogens with one attached hydrogen (secondary N) is 2. The average molecular weight is 267 g/mol. The molecule has 1 aromatic rings. The Labute approximate surface area is 96.4 Å². The Balaban J connectivity index is 2.07. The Hall–Kier alpha value is -1.03.